The first-order valence-corrected chi connectivity index (χ1v) is 7.15. The van der Waals surface area contributed by atoms with Gasteiger partial charge in [0.2, 0.25) is 5.91 Å². The summed E-state index contributed by atoms with van der Waals surface area (Å²) in [6, 6.07) is 5.85. The molecule has 1 aromatic carbocycles. The van der Waals surface area contributed by atoms with Gasteiger partial charge in [0, 0.05) is 6.54 Å². The molecule has 0 unspecified atom stereocenters. The number of benzene rings is 1. The van der Waals surface area contributed by atoms with Crippen LogP contribution in [0.2, 0.25) is 0 Å². The summed E-state index contributed by atoms with van der Waals surface area (Å²) in [6.07, 6.45) is 2.53. The number of nitrogens with one attached hydrogen (secondary N) is 1. The zero-order valence-corrected chi connectivity index (χ0v) is 12.4. The molecule has 1 saturated carbocycles. The van der Waals surface area contributed by atoms with Crippen LogP contribution in [0.4, 0.5) is 0 Å². The Balaban J connectivity index is 2.17. The van der Waals surface area contributed by atoms with Gasteiger partial charge >= 0.3 is 5.97 Å². The maximum Gasteiger partial charge on any atom is 0.305 e. The van der Waals surface area contributed by atoms with Crippen LogP contribution < -0.4 is 10.1 Å². The lowest BCUT2D eigenvalue weighted by atomic mass is 9.63. The van der Waals surface area contributed by atoms with Crippen LogP contribution in [0.5, 0.6) is 5.75 Å². The molecule has 2 N–H and O–H groups in total. The second-order valence-corrected chi connectivity index (χ2v) is 5.52. The van der Waals surface area contributed by atoms with Crippen molar-refractivity contribution in [2.45, 2.75) is 38.0 Å². The Bertz CT molecular complexity index is 549. The summed E-state index contributed by atoms with van der Waals surface area (Å²) in [5.74, 6) is -0.215. The maximum atomic E-state index is 12.5. The van der Waals surface area contributed by atoms with Crippen molar-refractivity contribution in [3.63, 3.8) is 0 Å². The highest BCUT2D eigenvalue weighted by Crippen LogP contribution is 2.45. The summed E-state index contributed by atoms with van der Waals surface area (Å²) >= 11 is 0. The van der Waals surface area contributed by atoms with E-state index in [-0.39, 0.29) is 18.9 Å². The van der Waals surface area contributed by atoms with Crippen LogP contribution in [0.3, 0.4) is 0 Å². The van der Waals surface area contributed by atoms with Crippen LogP contribution >= 0.6 is 0 Å². The van der Waals surface area contributed by atoms with Gasteiger partial charge in [0.1, 0.15) is 5.75 Å². The number of amides is 1. The minimum Gasteiger partial charge on any atom is -0.496 e. The summed E-state index contributed by atoms with van der Waals surface area (Å²) in [5, 5.41) is 11.4. The van der Waals surface area contributed by atoms with Gasteiger partial charge in [-0.25, -0.2) is 0 Å². The number of rotatable bonds is 6. The third-order valence-corrected chi connectivity index (χ3v) is 4.23. The topological polar surface area (TPSA) is 75.6 Å². The van der Waals surface area contributed by atoms with E-state index in [0.29, 0.717) is 0 Å². The minimum atomic E-state index is -0.907. The second-order valence-electron chi connectivity index (χ2n) is 5.52. The van der Waals surface area contributed by atoms with E-state index in [9.17, 15) is 9.59 Å². The molecule has 5 nitrogen and oxygen atoms in total. The Kier molecular flexibility index (Phi) is 4.50. The van der Waals surface area contributed by atoms with Gasteiger partial charge < -0.3 is 15.2 Å². The Labute approximate surface area is 124 Å². The molecule has 21 heavy (non-hydrogen) atoms. The largest absolute Gasteiger partial charge is 0.496 e. The van der Waals surface area contributed by atoms with Gasteiger partial charge in [0.15, 0.2) is 0 Å². The van der Waals surface area contributed by atoms with Crippen molar-refractivity contribution in [3.8, 4) is 5.75 Å². The van der Waals surface area contributed by atoms with E-state index in [1.807, 2.05) is 25.1 Å². The van der Waals surface area contributed by atoms with E-state index in [2.05, 4.69) is 5.32 Å². The van der Waals surface area contributed by atoms with E-state index < -0.39 is 11.4 Å². The van der Waals surface area contributed by atoms with E-state index in [0.717, 1.165) is 36.1 Å². The number of methoxy groups -OCH3 is 1. The molecule has 0 spiro atoms. The normalized spacial score (nSPS) is 15.9. The minimum absolute atomic E-state index is 0.0565. The van der Waals surface area contributed by atoms with E-state index in [1.54, 1.807) is 7.11 Å². The Morgan fingerprint density at radius 3 is 2.62 bits per heavy atom. The molecule has 0 radical (unpaired) electrons. The van der Waals surface area contributed by atoms with Crippen LogP contribution in [-0.2, 0) is 15.0 Å². The molecule has 0 aromatic heterocycles. The Morgan fingerprint density at radius 1 is 1.38 bits per heavy atom. The van der Waals surface area contributed by atoms with Gasteiger partial charge in [-0.3, -0.25) is 9.59 Å². The molecule has 0 heterocycles. The predicted octanol–water partition coefficient (Wildman–Crippen LogP) is 2.02. The highest BCUT2D eigenvalue weighted by molar-refractivity contribution is 5.89. The van der Waals surface area contributed by atoms with Crippen molar-refractivity contribution in [1.82, 2.24) is 5.32 Å². The predicted molar refractivity (Wildman–Crippen MR) is 78.5 cm³/mol. The number of aliphatic carboxylic acids is 1. The molecule has 1 aliphatic rings. The van der Waals surface area contributed by atoms with Crippen LogP contribution in [0.15, 0.2) is 18.2 Å². The number of carbonyl (C=O) groups is 2. The van der Waals surface area contributed by atoms with Crippen molar-refractivity contribution in [3.05, 3.63) is 29.3 Å². The second kappa shape index (κ2) is 6.16. The SMILES string of the molecule is COc1cc(C2(C(=O)NCCC(=O)O)CCC2)ccc1C. The first-order valence-electron chi connectivity index (χ1n) is 7.15. The molecule has 1 fully saturated rings. The van der Waals surface area contributed by atoms with E-state index in [4.69, 9.17) is 9.84 Å². The smallest absolute Gasteiger partial charge is 0.305 e. The highest BCUT2D eigenvalue weighted by Gasteiger charge is 2.45. The summed E-state index contributed by atoms with van der Waals surface area (Å²) in [5.41, 5.74) is 1.45. The average Bonchev–Trinajstić information content (AvgIpc) is 2.38. The average molecular weight is 291 g/mol. The zero-order chi connectivity index (χ0) is 15.5. The highest BCUT2D eigenvalue weighted by atomic mass is 16.5. The molecule has 0 bridgehead atoms. The molecule has 2 rings (SSSR count). The lowest BCUT2D eigenvalue weighted by Crippen LogP contribution is -2.49. The van der Waals surface area contributed by atoms with Gasteiger partial charge in [0.25, 0.3) is 0 Å². The fraction of sp³-hybridized carbons (Fsp3) is 0.500. The standard InChI is InChI=1S/C16H21NO4/c1-11-4-5-12(10-13(11)21-2)16(7-3-8-16)15(20)17-9-6-14(18)19/h4-5,10H,3,6-9H2,1-2H3,(H,17,20)(H,18,19). The van der Waals surface area contributed by atoms with Crippen LogP contribution in [0.25, 0.3) is 0 Å². The maximum absolute atomic E-state index is 12.5. The van der Waals surface area contributed by atoms with Gasteiger partial charge in [-0.05, 0) is 37.0 Å². The third-order valence-electron chi connectivity index (χ3n) is 4.23. The van der Waals surface area contributed by atoms with Crippen LogP contribution in [-0.4, -0.2) is 30.6 Å². The first kappa shape index (κ1) is 15.4. The fourth-order valence-electron chi connectivity index (χ4n) is 2.75. The van der Waals surface area contributed by atoms with Gasteiger partial charge in [-0.15, -0.1) is 0 Å². The molecule has 0 saturated heterocycles. The van der Waals surface area contributed by atoms with Crippen molar-refractivity contribution >= 4 is 11.9 Å². The van der Waals surface area contributed by atoms with Crippen molar-refractivity contribution in [1.29, 1.82) is 0 Å². The van der Waals surface area contributed by atoms with Crippen molar-refractivity contribution in [2.75, 3.05) is 13.7 Å². The number of ether oxygens (including phenoxy) is 1. The van der Waals surface area contributed by atoms with Crippen molar-refractivity contribution in [2.24, 2.45) is 0 Å². The van der Waals surface area contributed by atoms with Crippen LogP contribution in [0.1, 0.15) is 36.8 Å². The van der Waals surface area contributed by atoms with Gasteiger partial charge in [-0.1, -0.05) is 18.6 Å². The lowest BCUT2D eigenvalue weighted by molar-refractivity contribution is -0.137. The Morgan fingerprint density at radius 2 is 2.10 bits per heavy atom. The molecule has 1 amide bonds. The number of carboxylic acid groups (broad SMARTS) is 1. The molecule has 5 heteroatoms. The number of carboxylic acids is 1. The van der Waals surface area contributed by atoms with Gasteiger partial charge in [-0.2, -0.15) is 0 Å². The monoisotopic (exact) mass is 291 g/mol. The van der Waals surface area contributed by atoms with Crippen molar-refractivity contribution < 1.29 is 19.4 Å². The molecule has 0 atom stereocenters. The molecule has 114 valence electrons. The number of aryl methyl sites for hydroxylation is 1. The summed E-state index contributed by atoms with van der Waals surface area (Å²) in [4.78, 5) is 23.0. The van der Waals surface area contributed by atoms with Gasteiger partial charge in [0.05, 0.1) is 18.9 Å². The van der Waals surface area contributed by atoms with E-state index >= 15 is 0 Å². The third kappa shape index (κ3) is 3.01. The summed E-state index contributed by atoms with van der Waals surface area (Å²) < 4.78 is 5.33. The number of hydrogen-bond donors (Lipinski definition) is 2. The molecular formula is C16H21NO4. The Hall–Kier alpha value is -2.04. The zero-order valence-electron chi connectivity index (χ0n) is 12.4. The number of carbonyl (C=O) groups excluding carboxylic acids is 1. The first-order chi connectivity index (χ1) is 9.99. The summed E-state index contributed by atoms with van der Waals surface area (Å²) in [7, 11) is 1.62. The fourth-order valence-corrected chi connectivity index (χ4v) is 2.75. The molecule has 1 aliphatic carbocycles. The lowest BCUT2D eigenvalue weighted by Gasteiger charge is -2.41. The van der Waals surface area contributed by atoms with E-state index in [1.165, 1.54) is 0 Å². The van der Waals surface area contributed by atoms with Crippen LogP contribution in [0, 0.1) is 6.92 Å². The number of hydrogen-bond acceptors (Lipinski definition) is 3. The summed E-state index contributed by atoms with van der Waals surface area (Å²) in [6.45, 7) is 2.13. The molecular weight excluding hydrogens is 270 g/mol. The molecule has 1 aromatic rings. The molecule has 0 aliphatic heterocycles. The quantitative estimate of drug-likeness (QED) is 0.840.